The summed E-state index contributed by atoms with van der Waals surface area (Å²) in [5.41, 5.74) is 1.02. The van der Waals surface area contributed by atoms with Crippen molar-refractivity contribution >= 4 is 11.8 Å². The van der Waals surface area contributed by atoms with E-state index in [-0.39, 0.29) is 6.61 Å². The van der Waals surface area contributed by atoms with Crippen molar-refractivity contribution in [3.8, 4) is 0 Å². The molecule has 1 unspecified atom stereocenters. The Morgan fingerprint density at radius 1 is 1.25 bits per heavy atom. The lowest BCUT2D eigenvalue weighted by Gasteiger charge is -2.29. The van der Waals surface area contributed by atoms with Crippen molar-refractivity contribution in [2.45, 2.75) is 25.2 Å². The number of likely N-dealkylation sites (tertiary alicyclic amines) is 1. The summed E-state index contributed by atoms with van der Waals surface area (Å²) in [6.45, 7) is 5.34. The summed E-state index contributed by atoms with van der Waals surface area (Å²) in [4.78, 5) is 11.5. The number of hydrogen-bond donors (Lipinski definition) is 3. The first-order valence-corrected chi connectivity index (χ1v) is 8.98. The van der Waals surface area contributed by atoms with Crippen LogP contribution in [0.25, 0.3) is 0 Å². The zero-order chi connectivity index (χ0) is 16.8. The normalized spacial score (nSPS) is 22.7. The molecule has 1 aromatic heterocycles. The Labute approximate surface area is 143 Å². The molecule has 134 valence electrons. The van der Waals surface area contributed by atoms with Gasteiger partial charge in [0.15, 0.2) is 0 Å². The van der Waals surface area contributed by atoms with Crippen molar-refractivity contribution in [3.05, 3.63) is 11.8 Å². The fraction of sp³-hybridized carbons (Fsp3) is 0.765. The van der Waals surface area contributed by atoms with Crippen molar-refractivity contribution in [3.63, 3.8) is 0 Å². The van der Waals surface area contributed by atoms with Crippen LogP contribution in [0.4, 0.5) is 11.8 Å². The molecule has 2 fully saturated rings. The summed E-state index contributed by atoms with van der Waals surface area (Å²) < 4.78 is 5.49. The Kier molecular flexibility index (Phi) is 6.23. The Morgan fingerprint density at radius 2 is 2.08 bits per heavy atom. The number of piperidine rings is 1. The number of rotatable bonds is 7. The lowest BCUT2D eigenvalue weighted by Crippen LogP contribution is -2.33. The summed E-state index contributed by atoms with van der Waals surface area (Å²) in [5.74, 6) is 2.49. The smallest absolute Gasteiger partial charge is 0.224 e. The van der Waals surface area contributed by atoms with Gasteiger partial charge in [0.05, 0.1) is 18.9 Å². The topological polar surface area (TPSA) is 82.5 Å². The average molecular weight is 335 g/mol. The van der Waals surface area contributed by atoms with Gasteiger partial charge in [-0.05, 0) is 45.3 Å². The van der Waals surface area contributed by atoms with Gasteiger partial charge < -0.3 is 25.4 Å². The number of aromatic nitrogens is 2. The van der Waals surface area contributed by atoms with Crippen molar-refractivity contribution in [1.29, 1.82) is 0 Å². The van der Waals surface area contributed by atoms with Crippen LogP contribution in [0.1, 0.15) is 30.9 Å². The first-order chi connectivity index (χ1) is 11.7. The van der Waals surface area contributed by atoms with E-state index in [4.69, 9.17) is 9.84 Å². The Balaban J connectivity index is 1.64. The quantitative estimate of drug-likeness (QED) is 0.689. The number of nitrogens with zero attached hydrogens (tertiary/aromatic N) is 3. The third kappa shape index (κ3) is 4.78. The molecular weight excluding hydrogens is 306 g/mol. The molecule has 2 aliphatic rings. The van der Waals surface area contributed by atoms with Gasteiger partial charge in [0, 0.05) is 31.7 Å². The van der Waals surface area contributed by atoms with E-state index in [0.717, 1.165) is 37.7 Å². The standard InChI is InChI=1S/C17H29N5O2/c1-22-6-2-13(3-7-22)11-19-16-10-15(14-4-9-24-12-14)20-17(21-16)18-5-8-23/h10,13-14,23H,2-9,11-12H2,1H3,(H2,18,19,20,21). The Hall–Kier alpha value is -1.44. The second-order valence-electron chi connectivity index (χ2n) is 6.84. The summed E-state index contributed by atoms with van der Waals surface area (Å²) >= 11 is 0. The van der Waals surface area contributed by atoms with E-state index in [2.05, 4.69) is 38.6 Å². The van der Waals surface area contributed by atoms with Gasteiger partial charge in [-0.3, -0.25) is 0 Å². The molecule has 0 spiro atoms. The second kappa shape index (κ2) is 8.60. The average Bonchev–Trinajstić information content (AvgIpc) is 3.14. The minimum atomic E-state index is 0.0679. The minimum absolute atomic E-state index is 0.0679. The van der Waals surface area contributed by atoms with E-state index >= 15 is 0 Å². The molecule has 24 heavy (non-hydrogen) atoms. The van der Waals surface area contributed by atoms with Crippen LogP contribution in [0.15, 0.2) is 6.07 Å². The molecule has 0 radical (unpaired) electrons. The first kappa shape index (κ1) is 17.4. The molecule has 2 saturated heterocycles. The van der Waals surface area contributed by atoms with Crippen LogP contribution in [-0.2, 0) is 4.74 Å². The molecule has 0 saturated carbocycles. The SMILES string of the molecule is CN1CCC(CNc2cc(C3CCOC3)nc(NCCO)n2)CC1. The maximum absolute atomic E-state index is 9.02. The van der Waals surface area contributed by atoms with Crippen LogP contribution in [-0.4, -0.2) is 73.0 Å². The number of ether oxygens (including phenoxy) is 1. The number of aliphatic hydroxyl groups excluding tert-OH is 1. The highest BCUT2D eigenvalue weighted by molar-refractivity contribution is 5.43. The highest BCUT2D eigenvalue weighted by Gasteiger charge is 2.21. The van der Waals surface area contributed by atoms with Crippen molar-refractivity contribution in [1.82, 2.24) is 14.9 Å². The van der Waals surface area contributed by atoms with E-state index in [9.17, 15) is 0 Å². The highest BCUT2D eigenvalue weighted by atomic mass is 16.5. The second-order valence-corrected chi connectivity index (χ2v) is 6.84. The number of anilines is 2. The number of nitrogens with one attached hydrogen (secondary N) is 2. The van der Waals surface area contributed by atoms with E-state index in [0.29, 0.717) is 24.3 Å². The molecule has 7 heteroatoms. The van der Waals surface area contributed by atoms with Gasteiger partial charge in [-0.1, -0.05) is 0 Å². The van der Waals surface area contributed by atoms with Crippen LogP contribution in [0.2, 0.25) is 0 Å². The Morgan fingerprint density at radius 3 is 2.79 bits per heavy atom. The maximum Gasteiger partial charge on any atom is 0.224 e. The minimum Gasteiger partial charge on any atom is -0.395 e. The fourth-order valence-corrected chi connectivity index (χ4v) is 3.30. The van der Waals surface area contributed by atoms with Crippen molar-refractivity contribution < 1.29 is 9.84 Å². The molecular formula is C17H29N5O2. The summed E-state index contributed by atoms with van der Waals surface area (Å²) in [5, 5.41) is 15.6. The molecule has 0 aliphatic carbocycles. The van der Waals surface area contributed by atoms with Crippen molar-refractivity contribution in [2.75, 3.05) is 63.7 Å². The van der Waals surface area contributed by atoms with Gasteiger partial charge in [-0.15, -0.1) is 0 Å². The lowest BCUT2D eigenvalue weighted by molar-refractivity contribution is 0.193. The van der Waals surface area contributed by atoms with Crippen LogP contribution in [0.5, 0.6) is 0 Å². The lowest BCUT2D eigenvalue weighted by atomic mass is 9.97. The van der Waals surface area contributed by atoms with Crippen molar-refractivity contribution in [2.24, 2.45) is 5.92 Å². The van der Waals surface area contributed by atoms with Crippen LogP contribution in [0, 0.1) is 5.92 Å². The van der Waals surface area contributed by atoms with Gasteiger partial charge in [-0.25, -0.2) is 4.98 Å². The molecule has 1 aromatic rings. The summed E-state index contributed by atoms with van der Waals surface area (Å²) in [7, 11) is 2.18. The first-order valence-electron chi connectivity index (χ1n) is 8.98. The zero-order valence-electron chi connectivity index (χ0n) is 14.5. The van der Waals surface area contributed by atoms with Gasteiger partial charge >= 0.3 is 0 Å². The molecule has 0 amide bonds. The summed E-state index contributed by atoms with van der Waals surface area (Å²) in [6, 6.07) is 2.05. The molecule has 7 nitrogen and oxygen atoms in total. The van der Waals surface area contributed by atoms with E-state index in [1.165, 1.54) is 25.9 Å². The van der Waals surface area contributed by atoms with Crippen LogP contribution < -0.4 is 10.6 Å². The Bertz CT molecular complexity index is 514. The molecule has 3 heterocycles. The van der Waals surface area contributed by atoms with Gasteiger partial charge in [0.2, 0.25) is 5.95 Å². The molecule has 0 aromatic carbocycles. The monoisotopic (exact) mass is 335 g/mol. The molecule has 3 N–H and O–H groups in total. The van der Waals surface area contributed by atoms with E-state index < -0.39 is 0 Å². The third-order valence-electron chi connectivity index (χ3n) is 4.90. The fourth-order valence-electron chi connectivity index (χ4n) is 3.30. The van der Waals surface area contributed by atoms with Crippen LogP contribution >= 0.6 is 0 Å². The molecule has 1 atom stereocenters. The van der Waals surface area contributed by atoms with E-state index in [1.54, 1.807) is 0 Å². The maximum atomic E-state index is 9.02. The van der Waals surface area contributed by atoms with Crippen LogP contribution in [0.3, 0.4) is 0 Å². The van der Waals surface area contributed by atoms with Gasteiger partial charge in [0.25, 0.3) is 0 Å². The molecule has 3 rings (SSSR count). The molecule has 2 aliphatic heterocycles. The summed E-state index contributed by atoms with van der Waals surface area (Å²) in [6.07, 6.45) is 3.46. The predicted octanol–water partition coefficient (Wildman–Crippen LogP) is 1.14. The largest absolute Gasteiger partial charge is 0.395 e. The van der Waals surface area contributed by atoms with Gasteiger partial charge in [0.1, 0.15) is 5.82 Å². The predicted molar refractivity (Wildman–Crippen MR) is 94.5 cm³/mol. The third-order valence-corrected chi connectivity index (χ3v) is 4.90. The van der Waals surface area contributed by atoms with Gasteiger partial charge in [-0.2, -0.15) is 4.98 Å². The zero-order valence-corrected chi connectivity index (χ0v) is 14.5. The number of hydrogen-bond acceptors (Lipinski definition) is 7. The number of aliphatic hydroxyl groups is 1. The highest BCUT2D eigenvalue weighted by Crippen LogP contribution is 2.26. The molecule has 0 bridgehead atoms. The van der Waals surface area contributed by atoms with E-state index in [1.807, 2.05) is 0 Å².